The minimum absolute atomic E-state index is 0.0470. The van der Waals surface area contributed by atoms with Gasteiger partial charge in [0.1, 0.15) is 0 Å². The number of piperazine rings is 1. The SMILES string of the molecule is CCN(C(=O)CN1CCN(Cc2ccc(Cl)cc2)CC1)C1CCS(=O)(=O)C1. The number of hydrogen-bond donors (Lipinski definition) is 0. The number of amides is 1. The molecule has 0 aromatic heterocycles. The topological polar surface area (TPSA) is 60.9 Å². The molecular formula is C19H28ClN3O3S. The fourth-order valence-corrected chi connectivity index (χ4v) is 5.75. The molecule has 1 unspecified atom stereocenters. The van der Waals surface area contributed by atoms with Crippen molar-refractivity contribution >= 4 is 27.3 Å². The second-order valence-corrected chi connectivity index (χ2v) is 10.1. The van der Waals surface area contributed by atoms with Gasteiger partial charge in [0.25, 0.3) is 0 Å². The predicted octanol–water partition coefficient (Wildman–Crippen LogP) is 1.49. The number of nitrogens with zero attached hydrogens (tertiary/aromatic N) is 3. The Morgan fingerprint density at radius 2 is 1.78 bits per heavy atom. The first-order valence-electron chi connectivity index (χ1n) is 9.55. The van der Waals surface area contributed by atoms with E-state index in [0.29, 0.717) is 19.5 Å². The van der Waals surface area contributed by atoms with Gasteiger partial charge >= 0.3 is 0 Å². The summed E-state index contributed by atoms with van der Waals surface area (Å²) in [6.45, 7) is 7.28. The lowest BCUT2D eigenvalue weighted by Crippen LogP contribution is -2.51. The van der Waals surface area contributed by atoms with Crippen LogP contribution in [-0.2, 0) is 21.2 Å². The van der Waals surface area contributed by atoms with E-state index in [0.717, 1.165) is 37.7 Å². The van der Waals surface area contributed by atoms with Crippen molar-refractivity contribution in [2.24, 2.45) is 0 Å². The summed E-state index contributed by atoms with van der Waals surface area (Å²) in [7, 11) is -2.98. The van der Waals surface area contributed by atoms with Crippen molar-refractivity contribution in [3.8, 4) is 0 Å². The first-order chi connectivity index (χ1) is 12.9. The molecule has 2 saturated heterocycles. The fourth-order valence-electron chi connectivity index (χ4n) is 3.90. The van der Waals surface area contributed by atoms with Crippen LogP contribution in [0.3, 0.4) is 0 Å². The van der Waals surface area contributed by atoms with Crippen molar-refractivity contribution in [2.75, 3.05) is 50.8 Å². The first kappa shape index (κ1) is 20.6. The number of halogens is 1. The molecule has 0 bridgehead atoms. The van der Waals surface area contributed by atoms with Crippen LogP contribution in [0.2, 0.25) is 5.02 Å². The largest absolute Gasteiger partial charge is 0.338 e. The Hall–Kier alpha value is -1.15. The highest BCUT2D eigenvalue weighted by Gasteiger charge is 2.34. The van der Waals surface area contributed by atoms with Gasteiger partial charge < -0.3 is 4.90 Å². The van der Waals surface area contributed by atoms with Crippen molar-refractivity contribution in [1.29, 1.82) is 0 Å². The maximum atomic E-state index is 12.7. The number of hydrogen-bond acceptors (Lipinski definition) is 5. The minimum atomic E-state index is -2.98. The van der Waals surface area contributed by atoms with E-state index in [-0.39, 0.29) is 23.5 Å². The second-order valence-electron chi connectivity index (χ2n) is 7.42. The summed E-state index contributed by atoms with van der Waals surface area (Å²) >= 11 is 5.93. The Labute approximate surface area is 167 Å². The normalized spacial score (nSPS) is 23.4. The van der Waals surface area contributed by atoms with Crippen molar-refractivity contribution in [2.45, 2.75) is 25.9 Å². The summed E-state index contributed by atoms with van der Waals surface area (Å²) in [5, 5.41) is 0.748. The van der Waals surface area contributed by atoms with Crippen LogP contribution in [0.4, 0.5) is 0 Å². The lowest BCUT2D eigenvalue weighted by molar-refractivity contribution is -0.134. The van der Waals surface area contributed by atoms with Crippen LogP contribution in [0, 0.1) is 0 Å². The number of carbonyl (C=O) groups is 1. The molecule has 1 atom stereocenters. The van der Waals surface area contributed by atoms with E-state index in [1.165, 1.54) is 5.56 Å². The van der Waals surface area contributed by atoms with E-state index in [9.17, 15) is 13.2 Å². The highest BCUT2D eigenvalue weighted by atomic mass is 35.5. The lowest BCUT2D eigenvalue weighted by atomic mass is 10.2. The van der Waals surface area contributed by atoms with Crippen LogP contribution in [0.25, 0.3) is 0 Å². The third kappa shape index (κ3) is 5.67. The molecule has 6 nitrogen and oxygen atoms in total. The molecular weight excluding hydrogens is 386 g/mol. The molecule has 150 valence electrons. The van der Waals surface area contributed by atoms with E-state index in [4.69, 9.17) is 11.6 Å². The molecule has 27 heavy (non-hydrogen) atoms. The molecule has 0 aliphatic carbocycles. The van der Waals surface area contributed by atoms with Gasteiger partial charge in [-0.1, -0.05) is 23.7 Å². The third-order valence-electron chi connectivity index (χ3n) is 5.45. The maximum Gasteiger partial charge on any atom is 0.237 e. The fraction of sp³-hybridized carbons (Fsp3) is 0.632. The number of rotatable bonds is 6. The molecule has 8 heteroatoms. The van der Waals surface area contributed by atoms with E-state index >= 15 is 0 Å². The summed E-state index contributed by atoms with van der Waals surface area (Å²) < 4.78 is 23.4. The van der Waals surface area contributed by atoms with Crippen LogP contribution in [-0.4, -0.2) is 85.8 Å². The highest BCUT2D eigenvalue weighted by Crippen LogP contribution is 2.18. The standard InChI is InChI=1S/C19H28ClN3O3S/c1-2-23(18-7-12-27(25,26)15-18)19(24)14-22-10-8-21(9-11-22)13-16-3-5-17(20)6-4-16/h3-6,18H,2,7-15H2,1H3. The second kappa shape index (κ2) is 8.90. The zero-order valence-electron chi connectivity index (χ0n) is 15.8. The van der Waals surface area contributed by atoms with Crippen LogP contribution in [0.1, 0.15) is 18.9 Å². The summed E-state index contributed by atoms with van der Waals surface area (Å²) in [6, 6.07) is 7.77. The first-order valence-corrected chi connectivity index (χ1v) is 11.8. The zero-order chi connectivity index (χ0) is 19.4. The minimum Gasteiger partial charge on any atom is -0.338 e. The average molecular weight is 414 g/mol. The number of carbonyl (C=O) groups excluding carboxylic acids is 1. The number of likely N-dealkylation sites (N-methyl/N-ethyl adjacent to an activating group) is 1. The van der Waals surface area contributed by atoms with E-state index in [2.05, 4.69) is 9.80 Å². The lowest BCUT2D eigenvalue weighted by Gasteiger charge is -2.36. The Kier molecular flexibility index (Phi) is 6.78. The molecule has 2 fully saturated rings. The third-order valence-corrected chi connectivity index (χ3v) is 7.46. The quantitative estimate of drug-likeness (QED) is 0.707. The monoisotopic (exact) mass is 413 g/mol. The molecule has 0 radical (unpaired) electrons. The summed E-state index contributed by atoms with van der Waals surface area (Å²) in [5.41, 5.74) is 1.24. The molecule has 1 amide bonds. The van der Waals surface area contributed by atoms with Gasteiger partial charge in [-0.15, -0.1) is 0 Å². The summed E-state index contributed by atoms with van der Waals surface area (Å²) in [6.07, 6.45) is 0.566. The van der Waals surface area contributed by atoms with Crippen LogP contribution in [0.5, 0.6) is 0 Å². The average Bonchev–Trinajstić information content (AvgIpc) is 2.99. The maximum absolute atomic E-state index is 12.7. The molecule has 0 saturated carbocycles. The highest BCUT2D eigenvalue weighted by molar-refractivity contribution is 7.91. The molecule has 0 N–H and O–H groups in total. The van der Waals surface area contributed by atoms with Crippen molar-refractivity contribution in [3.63, 3.8) is 0 Å². The zero-order valence-corrected chi connectivity index (χ0v) is 17.4. The van der Waals surface area contributed by atoms with E-state index in [1.54, 1.807) is 4.90 Å². The van der Waals surface area contributed by atoms with Crippen LogP contribution >= 0.6 is 11.6 Å². The van der Waals surface area contributed by atoms with Gasteiger partial charge in [-0.05, 0) is 31.0 Å². The predicted molar refractivity (Wildman–Crippen MR) is 108 cm³/mol. The van der Waals surface area contributed by atoms with Gasteiger partial charge in [-0.2, -0.15) is 0 Å². The molecule has 1 aromatic rings. The van der Waals surface area contributed by atoms with Gasteiger partial charge in [0.15, 0.2) is 9.84 Å². The summed E-state index contributed by atoms with van der Waals surface area (Å²) in [5.74, 6) is 0.359. The van der Waals surface area contributed by atoms with Gasteiger partial charge in [0.05, 0.1) is 18.1 Å². The summed E-state index contributed by atoms with van der Waals surface area (Å²) in [4.78, 5) is 19.0. The van der Waals surface area contributed by atoms with E-state index < -0.39 is 9.84 Å². The molecule has 3 rings (SSSR count). The Morgan fingerprint density at radius 1 is 1.15 bits per heavy atom. The Balaban J connectivity index is 1.46. The Morgan fingerprint density at radius 3 is 2.33 bits per heavy atom. The van der Waals surface area contributed by atoms with Crippen molar-refractivity contribution in [1.82, 2.24) is 14.7 Å². The van der Waals surface area contributed by atoms with Gasteiger partial charge in [-0.25, -0.2) is 8.42 Å². The Bertz CT molecular complexity index is 746. The smallest absolute Gasteiger partial charge is 0.237 e. The molecule has 2 heterocycles. The van der Waals surface area contributed by atoms with Crippen LogP contribution < -0.4 is 0 Å². The van der Waals surface area contributed by atoms with E-state index in [1.807, 2.05) is 31.2 Å². The molecule has 1 aromatic carbocycles. The van der Waals surface area contributed by atoms with Crippen molar-refractivity contribution < 1.29 is 13.2 Å². The van der Waals surface area contributed by atoms with Crippen molar-refractivity contribution in [3.05, 3.63) is 34.9 Å². The molecule has 2 aliphatic rings. The number of benzene rings is 1. The molecule has 2 aliphatic heterocycles. The molecule has 0 spiro atoms. The number of sulfone groups is 1. The van der Waals surface area contributed by atoms with Crippen LogP contribution in [0.15, 0.2) is 24.3 Å². The van der Waals surface area contributed by atoms with Gasteiger partial charge in [0, 0.05) is 50.3 Å². The van der Waals surface area contributed by atoms with Gasteiger partial charge in [0.2, 0.25) is 5.91 Å². The van der Waals surface area contributed by atoms with Gasteiger partial charge in [-0.3, -0.25) is 14.6 Å².